The van der Waals surface area contributed by atoms with Crippen molar-refractivity contribution in [3.63, 3.8) is 0 Å². The number of benzene rings is 1. The van der Waals surface area contributed by atoms with Crippen molar-refractivity contribution in [1.29, 1.82) is 0 Å². The summed E-state index contributed by atoms with van der Waals surface area (Å²) in [7, 11) is 0. The summed E-state index contributed by atoms with van der Waals surface area (Å²) in [5.41, 5.74) is 1.35. The third-order valence-corrected chi connectivity index (χ3v) is 2.48. The van der Waals surface area contributed by atoms with Crippen LogP contribution >= 0.6 is 23.2 Å². The second-order valence-electron chi connectivity index (χ2n) is 2.97. The van der Waals surface area contributed by atoms with Crippen molar-refractivity contribution in [3.05, 3.63) is 34.5 Å². The Morgan fingerprint density at radius 2 is 2.14 bits per heavy atom. The third-order valence-electron chi connectivity index (χ3n) is 2.08. The van der Waals surface area contributed by atoms with Crippen molar-refractivity contribution in [3.8, 4) is 0 Å². The smallest absolute Gasteiger partial charge is 0.288 e. The highest BCUT2D eigenvalue weighted by Crippen LogP contribution is 2.28. The molecule has 14 heavy (non-hydrogen) atoms. The summed E-state index contributed by atoms with van der Waals surface area (Å²) in [5.74, 6) is 0.184. The van der Waals surface area contributed by atoms with E-state index < -0.39 is 5.24 Å². The molecule has 0 N–H and O–H groups in total. The normalized spacial score (nSPS) is 10.8. The van der Waals surface area contributed by atoms with E-state index in [9.17, 15) is 4.79 Å². The second kappa shape index (κ2) is 3.30. The summed E-state index contributed by atoms with van der Waals surface area (Å²) < 4.78 is 5.28. The van der Waals surface area contributed by atoms with Crippen LogP contribution in [0.15, 0.2) is 22.6 Å². The van der Waals surface area contributed by atoms with E-state index in [4.69, 9.17) is 27.6 Å². The topological polar surface area (TPSA) is 30.2 Å². The minimum absolute atomic E-state index is 0.184. The molecule has 2 aromatic rings. The fraction of sp³-hybridized carbons (Fsp3) is 0.100. The number of rotatable bonds is 1. The van der Waals surface area contributed by atoms with Crippen molar-refractivity contribution < 1.29 is 9.21 Å². The number of carbonyl (C=O) groups excluding carboxylic acids is 1. The molecule has 0 saturated heterocycles. The monoisotopic (exact) mass is 228 g/mol. The zero-order chi connectivity index (χ0) is 10.3. The molecule has 0 radical (unpaired) electrons. The zero-order valence-electron chi connectivity index (χ0n) is 7.30. The minimum atomic E-state index is -0.588. The molecule has 0 aliphatic heterocycles. The maximum Gasteiger partial charge on any atom is 0.288 e. The zero-order valence-corrected chi connectivity index (χ0v) is 8.82. The van der Waals surface area contributed by atoms with Gasteiger partial charge in [-0.3, -0.25) is 4.79 Å². The number of hydrogen-bond acceptors (Lipinski definition) is 2. The Labute approximate surface area is 90.4 Å². The van der Waals surface area contributed by atoms with Crippen LogP contribution in [0.1, 0.15) is 16.1 Å². The molecule has 0 bridgehead atoms. The first-order chi connectivity index (χ1) is 6.59. The highest BCUT2D eigenvalue weighted by atomic mass is 35.5. The van der Waals surface area contributed by atoms with Crippen LogP contribution in [0.4, 0.5) is 0 Å². The molecule has 72 valence electrons. The number of halogens is 2. The van der Waals surface area contributed by atoms with Gasteiger partial charge in [-0.2, -0.15) is 0 Å². The Morgan fingerprint density at radius 1 is 1.43 bits per heavy atom. The van der Waals surface area contributed by atoms with E-state index in [2.05, 4.69) is 0 Å². The molecule has 1 aromatic heterocycles. The lowest BCUT2D eigenvalue weighted by molar-refractivity contribution is 0.105. The maximum absolute atomic E-state index is 11.0. The highest BCUT2D eigenvalue weighted by molar-refractivity contribution is 6.67. The van der Waals surface area contributed by atoms with Gasteiger partial charge in [-0.1, -0.05) is 11.6 Å². The van der Waals surface area contributed by atoms with Crippen LogP contribution in [0, 0.1) is 6.92 Å². The molecule has 0 aliphatic carbocycles. The van der Waals surface area contributed by atoms with Crippen LogP contribution in [0.3, 0.4) is 0 Å². The van der Waals surface area contributed by atoms with E-state index >= 15 is 0 Å². The van der Waals surface area contributed by atoms with Crippen molar-refractivity contribution in [2.75, 3.05) is 0 Å². The summed E-state index contributed by atoms with van der Waals surface area (Å²) in [6.45, 7) is 1.78. The molecule has 2 nitrogen and oxygen atoms in total. The Bertz CT molecular complexity index is 514. The summed E-state index contributed by atoms with van der Waals surface area (Å²) in [6.07, 6.45) is 0. The number of fused-ring (bicyclic) bond motifs is 1. The van der Waals surface area contributed by atoms with Gasteiger partial charge in [-0.15, -0.1) is 0 Å². The van der Waals surface area contributed by atoms with Gasteiger partial charge in [-0.25, -0.2) is 0 Å². The molecule has 0 amide bonds. The van der Waals surface area contributed by atoms with Crippen molar-refractivity contribution in [2.45, 2.75) is 6.92 Å². The summed E-state index contributed by atoms with van der Waals surface area (Å²) in [5, 5.41) is 0.839. The maximum atomic E-state index is 11.0. The Morgan fingerprint density at radius 3 is 2.79 bits per heavy atom. The van der Waals surface area contributed by atoms with Crippen molar-refractivity contribution in [2.24, 2.45) is 0 Å². The van der Waals surface area contributed by atoms with Crippen LogP contribution in [0.25, 0.3) is 11.0 Å². The molecule has 0 aliphatic rings. The number of hydrogen-bond donors (Lipinski definition) is 0. The van der Waals surface area contributed by atoms with Gasteiger partial charge in [0.1, 0.15) is 5.58 Å². The van der Waals surface area contributed by atoms with E-state index in [1.807, 2.05) is 0 Å². The molecule has 0 spiro atoms. The van der Waals surface area contributed by atoms with Crippen LogP contribution in [-0.2, 0) is 0 Å². The number of furan rings is 1. The molecule has 1 heterocycles. The fourth-order valence-electron chi connectivity index (χ4n) is 1.38. The average molecular weight is 229 g/mol. The average Bonchev–Trinajstić information content (AvgIpc) is 2.44. The van der Waals surface area contributed by atoms with Crippen LogP contribution < -0.4 is 0 Å². The Hall–Kier alpha value is -0.990. The molecule has 0 saturated carbocycles. The van der Waals surface area contributed by atoms with E-state index in [-0.39, 0.29) is 5.76 Å². The lowest BCUT2D eigenvalue weighted by atomic mass is 10.1. The van der Waals surface area contributed by atoms with Crippen molar-refractivity contribution in [1.82, 2.24) is 0 Å². The lowest BCUT2D eigenvalue weighted by Crippen LogP contribution is -1.86. The van der Waals surface area contributed by atoms with E-state index in [1.54, 1.807) is 25.1 Å². The molecular weight excluding hydrogens is 223 g/mol. The van der Waals surface area contributed by atoms with Gasteiger partial charge >= 0.3 is 0 Å². The molecule has 2 rings (SSSR count). The van der Waals surface area contributed by atoms with Crippen LogP contribution in [0.5, 0.6) is 0 Å². The lowest BCUT2D eigenvalue weighted by Gasteiger charge is -1.89. The standard InChI is InChI=1S/C10H6Cl2O2/c1-5-7-4-6(11)2-3-8(7)14-9(5)10(12)13/h2-4H,1H3. The molecule has 0 unspecified atom stereocenters. The largest absolute Gasteiger partial charge is 0.451 e. The van der Waals surface area contributed by atoms with Gasteiger partial charge in [0.15, 0.2) is 5.76 Å². The molecule has 1 aromatic carbocycles. The third kappa shape index (κ3) is 1.41. The minimum Gasteiger partial charge on any atom is -0.451 e. The van der Waals surface area contributed by atoms with Gasteiger partial charge in [0.05, 0.1) is 0 Å². The first-order valence-electron chi connectivity index (χ1n) is 3.98. The van der Waals surface area contributed by atoms with E-state index in [1.165, 1.54) is 0 Å². The number of aryl methyl sites for hydroxylation is 1. The van der Waals surface area contributed by atoms with Gasteiger partial charge in [-0.05, 0) is 36.7 Å². The van der Waals surface area contributed by atoms with Gasteiger partial charge in [0, 0.05) is 16.0 Å². The quantitative estimate of drug-likeness (QED) is 0.696. The second-order valence-corrected chi connectivity index (χ2v) is 3.75. The molecular formula is C10H6Cl2O2. The van der Waals surface area contributed by atoms with Crippen molar-refractivity contribution >= 4 is 39.4 Å². The molecule has 0 atom stereocenters. The first-order valence-corrected chi connectivity index (χ1v) is 4.73. The highest BCUT2D eigenvalue weighted by Gasteiger charge is 2.15. The Kier molecular flexibility index (Phi) is 2.25. The predicted molar refractivity (Wildman–Crippen MR) is 56.1 cm³/mol. The first kappa shape index (κ1) is 9.56. The summed E-state index contributed by atoms with van der Waals surface area (Å²) in [6, 6.07) is 5.17. The van der Waals surface area contributed by atoms with Gasteiger partial charge in [0.25, 0.3) is 5.24 Å². The van der Waals surface area contributed by atoms with Crippen LogP contribution in [0.2, 0.25) is 5.02 Å². The summed E-state index contributed by atoms with van der Waals surface area (Å²) in [4.78, 5) is 11.0. The van der Waals surface area contributed by atoms with E-state index in [0.717, 1.165) is 10.9 Å². The van der Waals surface area contributed by atoms with E-state index in [0.29, 0.717) is 10.6 Å². The number of carbonyl (C=O) groups is 1. The SMILES string of the molecule is Cc1c(C(=O)Cl)oc2ccc(Cl)cc12. The molecule has 4 heteroatoms. The Balaban J connectivity index is 2.80. The predicted octanol–water partition coefficient (Wildman–Crippen LogP) is 3.77. The van der Waals surface area contributed by atoms with Crippen LogP contribution in [-0.4, -0.2) is 5.24 Å². The fourth-order valence-corrected chi connectivity index (χ4v) is 1.73. The van der Waals surface area contributed by atoms with Gasteiger partial charge in [0.2, 0.25) is 0 Å². The molecule has 0 fully saturated rings. The summed E-state index contributed by atoms with van der Waals surface area (Å²) >= 11 is 11.2. The van der Waals surface area contributed by atoms with Gasteiger partial charge < -0.3 is 4.42 Å².